The molecule has 0 aliphatic carbocycles. The van der Waals surface area contributed by atoms with E-state index < -0.39 is 0 Å². The van der Waals surface area contributed by atoms with Crippen molar-refractivity contribution in [1.29, 1.82) is 0 Å². The van der Waals surface area contributed by atoms with Gasteiger partial charge in [-0.05, 0) is 0 Å². The fourth-order valence-corrected chi connectivity index (χ4v) is 0.727. The summed E-state index contributed by atoms with van der Waals surface area (Å²) < 4.78 is 4.77. The second-order valence-corrected chi connectivity index (χ2v) is 3.75. The molecule has 0 atom stereocenters. The Labute approximate surface area is 90.3 Å². The van der Waals surface area contributed by atoms with Crippen molar-refractivity contribution in [2.75, 3.05) is 7.05 Å². The van der Waals surface area contributed by atoms with Gasteiger partial charge < -0.3 is 9.84 Å². The Balaban J connectivity index is 0.000000921. The molecule has 0 radical (unpaired) electrons. The summed E-state index contributed by atoms with van der Waals surface area (Å²) in [5, 5.41) is 6.12. The molecule has 1 N–H and O–H groups in total. The lowest BCUT2D eigenvalue weighted by Gasteiger charge is -2.10. The predicted molar refractivity (Wildman–Crippen MR) is 57.7 cm³/mol. The van der Waals surface area contributed by atoms with E-state index in [1.165, 1.54) is 7.05 Å². The molecule has 0 spiro atoms. The summed E-state index contributed by atoms with van der Waals surface area (Å²) in [7, 11) is 1.52. The second kappa shape index (κ2) is 5.48. The van der Waals surface area contributed by atoms with Crippen LogP contribution in [-0.2, 0) is 5.41 Å². The van der Waals surface area contributed by atoms with Gasteiger partial charge in [0.05, 0.1) is 0 Å². The number of rotatable bonds is 1. The Kier molecular flexibility index (Phi) is 4.97. The molecule has 1 aromatic heterocycles. The van der Waals surface area contributed by atoms with Gasteiger partial charge in [-0.15, -0.1) is 0 Å². The molecule has 5 nitrogen and oxygen atoms in total. The van der Waals surface area contributed by atoms with E-state index in [2.05, 4.69) is 15.5 Å². The molecular formula is C10H19N3O2. The summed E-state index contributed by atoms with van der Waals surface area (Å²) in [6, 6.07) is 0. The fourth-order valence-electron chi connectivity index (χ4n) is 0.727. The van der Waals surface area contributed by atoms with E-state index in [9.17, 15) is 4.79 Å². The average Bonchev–Trinajstić information content (AvgIpc) is 2.68. The molecular weight excluding hydrogens is 194 g/mol. The van der Waals surface area contributed by atoms with Gasteiger partial charge in [-0.25, -0.2) is 0 Å². The summed E-state index contributed by atoms with van der Waals surface area (Å²) >= 11 is 0. The van der Waals surface area contributed by atoms with Crippen molar-refractivity contribution < 1.29 is 9.32 Å². The number of nitrogens with zero attached hydrogens (tertiary/aromatic N) is 2. The van der Waals surface area contributed by atoms with Crippen LogP contribution in [0.1, 0.15) is 51.1 Å². The number of carbonyl (C=O) groups excluding carboxylic acids is 1. The van der Waals surface area contributed by atoms with Crippen molar-refractivity contribution in [3.63, 3.8) is 0 Å². The number of hydrogen-bond donors (Lipinski definition) is 1. The third-order valence-corrected chi connectivity index (χ3v) is 1.52. The van der Waals surface area contributed by atoms with Crippen LogP contribution < -0.4 is 5.32 Å². The van der Waals surface area contributed by atoms with Crippen LogP contribution in [0.5, 0.6) is 0 Å². The second-order valence-electron chi connectivity index (χ2n) is 3.75. The zero-order chi connectivity index (χ0) is 12.1. The molecule has 0 aliphatic rings. The minimum Gasteiger partial charge on any atom is -0.351 e. The van der Waals surface area contributed by atoms with E-state index in [4.69, 9.17) is 4.52 Å². The average molecular weight is 213 g/mol. The van der Waals surface area contributed by atoms with Crippen LogP contribution in [0.15, 0.2) is 4.52 Å². The quantitative estimate of drug-likeness (QED) is 0.771. The van der Waals surface area contributed by atoms with E-state index in [0.717, 1.165) is 0 Å². The molecule has 1 aromatic rings. The van der Waals surface area contributed by atoms with Crippen molar-refractivity contribution in [2.45, 2.75) is 40.0 Å². The topological polar surface area (TPSA) is 68.0 Å². The highest BCUT2D eigenvalue weighted by Gasteiger charge is 2.22. The van der Waals surface area contributed by atoms with Gasteiger partial charge in [0.25, 0.3) is 0 Å². The molecule has 0 saturated carbocycles. The van der Waals surface area contributed by atoms with Crippen LogP contribution in [0.25, 0.3) is 0 Å². The minimum absolute atomic E-state index is 0.00687. The standard InChI is InChI=1S/C8H13N3O2.C2H6/c1-8(2,3)7-10-6(13-11-7)5(12)9-4;1-2/h1-4H3,(H,9,12);1-2H3. The van der Waals surface area contributed by atoms with Crippen molar-refractivity contribution in [3.8, 4) is 0 Å². The SMILES string of the molecule is CC.CNC(=O)c1nc(C(C)(C)C)no1. The molecule has 86 valence electrons. The van der Waals surface area contributed by atoms with Gasteiger partial charge in [-0.1, -0.05) is 39.8 Å². The van der Waals surface area contributed by atoms with E-state index in [1.54, 1.807) is 0 Å². The molecule has 1 amide bonds. The van der Waals surface area contributed by atoms with Crippen molar-refractivity contribution in [3.05, 3.63) is 11.7 Å². The van der Waals surface area contributed by atoms with Gasteiger partial charge in [0.1, 0.15) is 0 Å². The number of amides is 1. The van der Waals surface area contributed by atoms with E-state index in [1.807, 2.05) is 34.6 Å². The highest BCUT2D eigenvalue weighted by molar-refractivity contribution is 5.89. The molecule has 0 aliphatic heterocycles. The Morgan fingerprint density at radius 3 is 2.20 bits per heavy atom. The molecule has 5 heteroatoms. The summed E-state index contributed by atoms with van der Waals surface area (Å²) in [5.41, 5.74) is -0.199. The first kappa shape index (κ1) is 13.6. The lowest BCUT2D eigenvalue weighted by Crippen LogP contribution is -2.19. The van der Waals surface area contributed by atoms with Crippen LogP contribution in [0, 0.1) is 0 Å². The smallest absolute Gasteiger partial charge is 0.315 e. The highest BCUT2D eigenvalue weighted by atomic mass is 16.5. The molecule has 0 saturated heterocycles. The Bertz CT molecular complexity index is 313. The van der Waals surface area contributed by atoms with Crippen LogP contribution in [0.4, 0.5) is 0 Å². The third-order valence-electron chi connectivity index (χ3n) is 1.52. The predicted octanol–water partition coefficient (Wildman–Crippen LogP) is 1.75. The van der Waals surface area contributed by atoms with Crippen molar-refractivity contribution in [1.82, 2.24) is 15.5 Å². The fraction of sp³-hybridized carbons (Fsp3) is 0.700. The van der Waals surface area contributed by atoms with Gasteiger partial charge >= 0.3 is 11.8 Å². The normalized spacial score (nSPS) is 10.3. The first-order valence-electron chi connectivity index (χ1n) is 5.01. The number of aromatic nitrogens is 2. The van der Waals surface area contributed by atoms with E-state index in [-0.39, 0.29) is 17.2 Å². The van der Waals surface area contributed by atoms with Crippen molar-refractivity contribution >= 4 is 5.91 Å². The van der Waals surface area contributed by atoms with Crippen LogP contribution in [-0.4, -0.2) is 23.1 Å². The summed E-state index contributed by atoms with van der Waals surface area (Å²) in [5.74, 6) is 0.182. The molecule has 1 rings (SSSR count). The molecule has 0 fully saturated rings. The first-order chi connectivity index (χ1) is 6.95. The number of hydrogen-bond acceptors (Lipinski definition) is 4. The molecule has 15 heavy (non-hydrogen) atoms. The maximum Gasteiger partial charge on any atom is 0.315 e. The molecule has 1 heterocycles. The highest BCUT2D eigenvalue weighted by Crippen LogP contribution is 2.18. The number of carbonyl (C=O) groups is 1. The van der Waals surface area contributed by atoms with Gasteiger partial charge in [-0.2, -0.15) is 4.98 Å². The van der Waals surface area contributed by atoms with Gasteiger partial charge in [0.2, 0.25) is 0 Å². The maximum atomic E-state index is 11.0. The van der Waals surface area contributed by atoms with Crippen LogP contribution in [0.3, 0.4) is 0 Å². The summed E-state index contributed by atoms with van der Waals surface area (Å²) in [6.07, 6.45) is 0. The maximum absolute atomic E-state index is 11.0. The minimum atomic E-state index is -0.358. The Morgan fingerprint density at radius 2 is 1.87 bits per heavy atom. The van der Waals surface area contributed by atoms with E-state index in [0.29, 0.717) is 5.82 Å². The lowest BCUT2D eigenvalue weighted by atomic mass is 9.96. The lowest BCUT2D eigenvalue weighted by molar-refractivity contribution is 0.0919. The van der Waals surface area contributed by atoms with Crippen LogP contribution in [0.2, 0.25) is 0 Å². The summed E-state index contributed by atoms with van der Waals surface area (Å²) in [4.78, 5) is 15.0. The molecule has 0 bridgehead atoms. The van der Waals surface area contributed by atoms with Gasteiger partial charge in [-0.3, -0.25) is 4.79 Å². The van der Waals surface area contributed by atoms with Gasteiger partial charge in [0, 0.05) is 12.5 Å². The molecule has 0 unspecified atom stereocenters. The Morgan fingerprint density at radius 1 is 1.33 bits per heavy atom. The summed E-state index contributed by atoms with van der Waals surface area (Å²) in [6.45, 7) is 9.85. The zero-order valence-electron chi connectivity index (χ0n) is 10.2. The third kappa shape index (κ3) is 3.69. The van der Waals surface area contributed by atoms with E-state index >= 15 is 0 Å². The largest absolute Gasteiger partial charge is 0.351 e. The number of nitrogens with one attached hydrogen (secondary N) is 1. The monoisotopic (exact) mass is 213 g/mol. The van der Waals surface area contributed by atoms with Gasteiger partial charge in [0.15, 0.2) is 5.82 Å². The van der Waals surface area contributed by atoms with Crippen LogP contribution >= 0.6 is 0 Å². The zero-order valence-corrected chi connectivity index (χ0v) is 10.2. The Hall–Kier alpha value is -1.39. The molecule has 0 aromatic carbocycles. The van der Waals surface area contributed by atoms with Crippen molar-refractivity contribution in [2.24, 2.45) is 0 Å². The first-order valence-corrected chi connectivity index (χ1v) is 5.01.